The topological polar surface area (TPSA) is 56.0 Å². The van der Waals surface area contributed by atoms with E-state index in [1.54, 1.807) is 30.6 Å². The second kappa shape index (κ2) is 5.93. The Hall–Kier alpha value is -1.75. The van der Waals surface area contributed by atoms with Gasteiger partial charge in [-0.3, -0.25) is 9.78 Å². The van der Waals surface area contributed by atoms with Crippen LogP contribution in [0.15, 0.2) is 47.2 Å². The molecule has 0 saturated carbocycles. The van der Waals surface area contributed by atoms with Gasteiger partial charge in [-0.15, -0.1) is 0 Å². The first-order chi connectivity index (χ1) is 9.08. The molecule has 0 fully saturated rings. The Morgan fingerprint density at radius 3 is 2.74 bits per heavy atom. The number of primary amides is 1. The van der Waals surface area contributed by atoms with Crippen molar-refractivity contribution in [3.05, 3.63) is 64.1 Å². The van der Waals surface area contributed by atoms with E-state index in [0.717, 1.165) is 10.0 Å². The molecule has 3 nitrogen and oxygen atoms in total. The third kappa shape index (κ3) is 3.38. The number of amides is 1. The molecule has 1 amide bonds. The highest BCUT2D eigenvalue weighted by molar-refractivity contribution is 9.10. The quantitative estimate of drug-likeness (QED) is 0.941. The van der Waals surface area contributed by atoms with Gasteiger partial charge in [-0.25, -0.2) is 4.39 Å². The molecule has 1 atom stereocenters. The van der Waals surface area contributed by atoms with Crippen molar-refractivity contribution in [2.45, 2.75) is 12.3 Å². The number of nitrogens with zero attached hydrogens (tertiary/aromatic N) is 1. The van der Waals surface area contributed by atoms with Crippen LogP contribution >= 0.6 is 15.9 Å². The lowest BCUT2D eigenvalue weighted by Gasteiger charge is -2.14. The van der Waals surface area contributed by atoms with Crippen molar-refractivity contribution in [2.24, 2.45) is 5.73 Å². The van der Waals surface area contributed by atoms with Crippen LogP contribution in [0.4, 0.5) is 4.39 Å². The molecule has 98 valence electrons. The Bertz CT molecular complexity index is 604. The smallest absolute Gasteiger partial charge is 0.225 e. The summed E-state index contributed by atoms with van der Waals surface area (Å²) >= 11 is 3.31. The van der Waals surface area contributed by atoms with E-state index in [4.69, 9.17) is 5.73 Å². The summed E-state index contributed by atoms with van der Waals surface area (Å²) in [6.07, 6.45) is 3.61. The molecule has 0 aliphatic heterocycles. The lowest BCUT2D eigenvalue weighted by atomic mass is 9.91. The van der Waals surface area contributed by atoms with Gasteiger partial charge in [-0.05, 0) is 40.0 Å². The van der Waals surface area contributed by atoms with Gasteiger partial charge in [-0.1, -0.05) is 18.2 Å². The number of carbonyl (C=O) groups is 1. The Labute approximate surface area is 118 Å². The van der Waals surface area contributed by atoms with Crippen LogP contribution in [0.3, 0.4) is 0 Å². The maximum Gasteiger partial charge on any atom is 0.225 e. The number of hydrogen-bond donors (Lipinski definition) is 1. The van der Waals surface area contributed by atoms with Crippen LogP contribution in [0, 0.1) is 5.82 Å². The van der Waals surface area contributed by atoms with Crippen molar-refractivity contribution in [3.8, 4) is 0 Å². The highest BCUT2D eigenvalue weighted by atomic mass is 79.9. The number of halogens is 2. The maximum atomic E-state index is 13.7. The van der Waals surface area contributed by atoms with Gasteiger partial charge in [0.2, 0.25) is 5.91 Å². The highest BCUT2D eigenvalue weighted by Gasteiger charge is 2.21. The molecule has 0 bridgehead atoms. The number of nitrogens with two attached hydrogens (primary N) is 1. The van der Waals surface area contributed by atoms with E-state index in [9.17, 15) is 9.18 Å². The van der Waals surface area contributed by atoms with Gasteiger partial charge in [0.05, 0.1) is 5.92 Å². The van der Waals surface area contributed by atoms with Gasteiger partial charge in [0.15, 0.2) is 0 Å². The molecule has 2 rings (SSSR count). The lowest BCUT2D eigenvalue weighted by molar-refractivity contribution is -0.119. The Balaban J connectivity index is 2.32. The summed E-state index contributed by atoms with van der Waals surface area (Å²) in [4.78, 5) is 15.6. The summed E-state index contributed by atoms with van der Waals surface area (Å²) in [5, 5.41) is 0. The van der Waals surface area contributed by atoms with Crippen molar-refractivity contribution in [3.63, 3.8) is 0 Å². The zero-order valence-corrected chi connectivity index (χ0v) is 11.6. The van der Waals surface area contributed by atoms with E-state index in [1.807, 2.05) is 6.07 Å². The minimum Gasteiger partial charge on any atom is -0.369 e. The van der Waals surface area contributed by atoms with E-state index < -0.39 is 17.6 Å². The molecule has 5 heteroatoms. The fourth-order valence-corrected chi connectivity index (χ4v) is 2.34. The monoisotopic (exact) mass is 322 g/mol. The van der Waals surface area contributed by atoms with Crippen LogP contribution in [-0.2, 0) is 11.2 Å². The van der Waals surface area contributed by atoms with Crippen LogP contribution in [0.1, 0.15) is 17.0 Å². The Morgan fingerprint density at radius 1 is 1.37 bits per heavy atom. The molecule has 0 radical (unpaired) electrons. The van der Waals surface area contributed by atoms with Gasteiger partial charge in [0.25, 0.3) is 0 Å². The predicted molar refractivity (Wildman–Crippen MR) is 74.0 cm³/mol. The number of aromatic nitrogens is 1. The van der Waals surface area contributed by atoms with Crippen molar-refractivity contribution in [1.82, 2.24) is 4.98 Å². The molecule has 0 aliphatic rings. The third-order valence-electron chi connectivity index (χ3n) is 2.83. The van der Waals surface area contributed by atoms with Crippen LogP contribution in [0.2, 0.25) is 0 Å². The first-order valence-electron chi connectivity index (χ1n) is 5.71. The van der Waals surface area contributed by atoms with Gasteiger partial charge in [0.1, 0.15) is 5.82 Å². The molecule has 1 heterocycles. The summed E-state index contributed by atoms with van der Waals surface area (Å²) in [6.45, 7) is 0. The van der Waals surface area contributed by atoms with E-state index in [1.165, 1.54) is 6.07 Å². The lowest BCUT2D eigenvalue weighted by Crippen LogP contribution is -2.24. The second-order valence-electron chi connectivity index (χ2n) is 4.19. The second-order valence-corrected chi connectivity index (χ2v) is 5.11. The molecular weight excluding hydrogens is 311 g/mol. The van der Waals surface area contributed by atoms with Crippen molar-refractivity contribution >= 4 is 21.8 Å². The minimum absolute atomic E-state index is 0.315. The van der Waals surface area contributed by atoms with Gasteiger partial charge in [0, 0.05) is 22.4 Å². The maximum absolute atomic E-state index is 13.7. The molecular formula is C14H12BrFN2O. The Kier molecular flexibility index (Phi) is 4.27. The molecule has 0 aliphatic carbocycles. The summed E-state index contributed by atoms with van der Waals surface area (Å²) in [6, 6.07) is 8.01. The first kappa shape index (κ1) is 13.7. The normalized spacial score (nSPS) is 12.1. The molecule has 1 aromatic carbocycles. The number of benzene rings is 1. The van der Waals surface area contributed by atoms with E-state index in [-0.39, 0.29) is 0 Å². The highest BCUT2D eigenvalue weighted by Crippen LogP contribution is 2.24. The zero-order chi connectivity index (χ0) is 13.8. The molecule has 2 aromatic rings. The van der Waals surface area contributed by atoms with Crippen LogP contribution in [0.5, 0.6) is 0 Å². The molecule has 1 aromatic heterocycles. The summed E-state index contributed by atoms with van der Waals surface area (Å²) in [7, 11) is 0. The standard InChI is InChI=1S/C14H12BrFN2O/c15-10-5-9(7-18-8-10)6-12(14(17)19)11-3-1-2-4-13(11)16/h1-5,7-8,12H,6H2,(H2,17,19). The fourth-order valence-electron chi connectivity index (χ4n) is 1.92. The van der Waals surface area contributed by atoms with Crippen LogP contribution < -0.4 is 5.73 Å². The van der Waals surface area contributed by atoms with E-state index in [0.29, 0.717) is 12.0 Å². The average molecular weight is 323 g/mol. The van der Waals surface area contributed by atoms with Gasteiger partial charge >= 0.3 is 0 Å². The van der Waals surface area contributed by atoms with Crippen LogP contribution in [-0.4, -0.2) is 10.9 Å². The molecule has 1 unspecified atom stereocenters. The summed E-state index contributed by atoms with van der Waals surface area (Å²) < 4.78 is 14.6. The van der Waals surface area contributed by atoms with Crippen molar-refractivity contribution in [2.75, 3.05) is 0 Å². The largest absolute Gasteiger partial charge is 0.369 e. The molecule has 0 spiro atoms. The average Bonchev–Trinajstić information content (AvgIpc) is 2.37. The van der Waals surface area contributed by atoms with Crippen molar-refractivity contribution < 1.29 is 9.18 Å². The Morgan fingerprint density at radius 2 is 2.11 bits per heavy atom. The van der Waals surface area contributed by atoms with Crippen LogP contribution in [0.25, 0.3) is 0 Å². The summed E-state index contributed by atoms with van der Waals surface area (Å²) in [5.41, 5.74) is 6.52. The zero-order valence-electron chi connectivity index (χ0n) is 10.0. The third-order valence-corrected chi connectivity index (χ3v) is 3.26. The first-order valence-corrected chi connectivity index (χ1v) is 6.50. The number of rotatable bonds is 4. The predicted octanol–water partition coefficient (Wildman–Crippen LogP) is 2.79. The van der Waals surface area contributed by atoms with Gasteiger partial charge in [-0.2, -0.15) is 0 Å². The SMILES string of the molecule is NC(=O)C(Cc1cncc(Br)c1)c1ccccc1F. The van der Waals surface area contributed by atoms with Crippen molar-refractivity contribution in [1.29, 1.82) is 0 Å². The fraction of sp³-hybridized carbons (Fsp3) is 0.143. The number of carbonyl (C=O) groups excluding carboxylic acids is 1. The summed E-state index contributed by atoms with van der Waals surface area (Å²) in [5.74, 6) is -1.67. The number of hydrogen-bond acceptors (Lipinski definition) is 2. The van der Waals surface area contributed by atoms with E-state index >= 15 is 0 Å². The number of pyridine rings is 1. The molecule has 2 N–H and O–H groups in total. The van der Waals surface area contributed by atoms with Gasteiger partial charge < -0.3 is 5.73 Å². The minimum atomic E-state index is -0.697. The molecule has 0 saturated heterocycles. The van der Waals surface area contributed by atoms with E-state index in [2.05, 4.69) is 20.9 Å². The molecule has 19 heavy (non-hydrogen) atoms.